The molecule has 3 unspecified atom stereocenters. The second kappa shape index (κ2) is 5.27. The molecule has 2 rings (SSSR count). The lowest BCUT2D eigenvalue weighted by atomic mass is 9.76. The van der Waals surface area contributed by atoms with E-state index in [-0.39, 0.29) is 3.55 Å². The summed E-state index contributed by atoms with van der Waals surface area (Å²) in [5.74, 6) is 1.87. The molecule has 0 radical (unpaired) electrons. The monoisotopic (exact) mass is 371 g/mol. The molecule has 0 aromatic heterocycles. The molecule has 0 saturated heterocycles. The fourth-order valence-corrected chi connectivity index (χ4v) is 4.28. The summed E-state index contributed by atoms with van der Waals surface area (Å²) in [4.78, 5) is 2.54. The highest BCUT2D eigenvalue weighted by Crippen LogP contribution is 2.52. The smallest absolute Gasteiger partial charge is 0.0942 e. The topological polar surface area (TPSA) is 3.24 Å². The lowest BCUT2D eigenvalue weighted by Gasteiger charge is -2.51. The van der Waals surface area contributed by atoms with Crippen LogP contribution in [0, 0.1) is 5.92 Å². The molecule has 0 amide bonds. The molecule has 19 heavy (non-hydrogen) atoms. The third-order valence-electron chi connectivity index (χ3n) is 5.05. The summed E-state index contributed by atoms with van der Waals surface area (Å²) in [6, 6.07) is 6.86. The lowest BCUT2D eigenvalue weighted by Crippen LogP contribution is -2.51. The van der Waals surface area contributed by atoms with E-state index in [4.69, 9.17) is 0 Å². The quantitative estimate of drug-likeness (QED) is 0.375. The van der Waals surface area contributed by atoms with E-state index in [0.29, 0.717) is 17.8 Å². The van der Waals surface area contributed by atoms with Gasteiger partial charge in [-0.1, -0.05) is 75.4 Å². The Labute approximate surface area is 131 Å². The van der Waals surface area contributed by atoms with E-state index in [1.165, 1.54) is 23.2 Å². The molecule has 3 atom stereocenters. The van der Waals surface area contributed by atoms with Crippen molar-refractivity contribution in [3.63, 3.8) is 0 Å². The molecule has 0 fully saturated rings. The van der Waals surface area contributed by atoms with Gasteiger partial charge >= 0.3 is 0 Å². The zero-order valence-corrected chi connectivity index (χ0v) is 15.2. The highest BCUT2D eigenvalue weighted by Gasteiger charge is 2.45. The standard InChI is InChI=1S/C17H26IN/c1-7-17(18)13(5)12(4)15-10-8-9-14(11(2)3)16(15)19(17)6/h8-13H,7H2,1-6H3. The summed E-state index contributed by atoms with van der Waals surface area (Å²) in [6.45, 7) is 11.7. The summed E-state index contributed by atoms with van der Waals surface area (Å²) >= 11 is 2.68. The number of hydrogen-bond donors (Lipinski definition) is 0. The molecule has 0 bridgehead atoms. The molecule has 0 saturated carbocycles. The second-order valence-electron chi connectivity index (χ2n) is 6.25. The van der Waals surface area contributed by atoms with E-state index in [1.807, 2.05) is 0 Å². The summed E-state index contributed by atoms with van der Waals surface area (Å²) < 4.78 is 0.231. The Morgan fingerprint density at radius 2 is 1.95 bits per heavy atom. The normalized spacial score (nSPS) is 30.6. The molecular formula is C17H26IN. The van der Waals surface area contributed by atoms with Gasteiger partial charge in [0.2, 0.25) is 0 Å². The summed E-state index contributed by atoms with van der Waals surface area (Å²) in [5, 5.41) is 0. The van der Waals surface area contributed by atoms with E-state index >= 15 is 0 Å². The molecule has 1 aliphatic rings. The van der Waals surface area contributed by atoms with Gasteiger partial charge in [-0.15, -0.1) is 0 Å². The minimum Gasteiger partial charge on any atom is -0.359 e. The maximum Gasteiger partial charge on any atom is 0.0942 e. The van der Waals surface area contributed by atoms with E-state index in [0.717, 1.165) is 0 Å². The number of para-hydroxylation sites is 1. The van der Waals surface area contributed by atoms with E-state index in [1.54, 1.807) is 0 Å². The van der Waals surface area contributed by atoms with Crippen LogP contribution in [-0.2, 0) is 0 Å². The minimum atomic E-state index is 0.231. The fourth-order valence-electron chi connectivity index (χ4n) is 3.50. The van der Waals surface area contributed by atoms with Crippen molar-refractivity contribution in [1.29, 1.82) is 0 Å². The van der Waals surface area contributed by atoms with Crippen molar-refractivity contribution in [3.8, 4) is 0 Å². The second-order valence-corrected chi connectivity index (χ2v) is 8.12. The van der Waals surface area contributed by atoms with Gasteiger partial charge in [0, 0.05) is 12.7 Å². The zero-order valence-electron chi connectivity index (χ0n) is 13.0. The number of fused-ring (bicyclic) bond motifs is 1. The van der Waals surface area contributed by atoms with E-state index < -0.39 is 0 Å². The van der Waals surface area contributed by atoms with Gasteiger partial charge in [-0.05, 0) is 35.3 Å². The van der Waals surface area contributed by atoms with Crippen molar-refractivity contribution >= 4 is 28.3 Å². The largest absolute Gasteiger partial charge is 0.359 e. The van der Waals surface area contributed by atoms with Crippen LogP contribution in [-0.4, -0.2) is 10.6 Å². The summed E-state index contributed by atoms with van der Waals surface area (Å²) in [7, 11) is 2.28. The van der Waals surface area contributed by atoms with Gasteiger partial charge < -0.3 is 4.90 Å². The first-order chi connectivity index (χ1) is 8.84. The van der Waals surface area contributed by atoms with E-state index in [9.17, 15) is 0 Å². The van der Waals surface area contributed by atoms with Crippen LogP contribution in [0.5, 0.6) is 0 Å². The maximum atomic E-state index is 2.68. The van der Waals surface area contributed by atoms with Gasteiger partial charge in [-0.25, -0.2) is 0 Å². The van der Waals surface area contributed by atoms with Gasteiger partial charge in [-0.3, -0.25) is 0 Å². The summed E-state index contributed by atoms with van der Waals surface area (Å²) in [5.41, 5.74) is 4.51. The number of rotatable bonds is 2. The van der Waals surface area contributed by atoms with Crippen LogP contribution in [0.2, 0.25) is 0 Å². The first kappa shape index (κ1) is 15.1. The maximum absolute atomic E-state index is 2.68. The Bertz CT molecular complexity index is 468. The first-order valence-electron chi connectivity index (χ1n) is 7.40. The Morgan fingerprint density at radius 1 is 1.32 bits per heavy atom. The number of benzene rings is 1. The molecule has 1 aromatic rings. The molecule has 106 valence electrons. The Kier molecular flexibility index (Phi) is 4.20. The van der Waals surface area contributed by atoms with Crippen molar-refractivity contribution in [2.24, 2.45) is 5.92 Å². The highest BCUT2D eigenvalue weighted by molar-refractivity contribution is 14.1. The van der Waals surface area contributed by atoms with Crippen molar-refractivity contribution < 1.29 is 0 Å². The summed E-state index contributed by atoms with van der Waals surface area (Å²) in [6.07, 6.45) is 1.18. The van der Waals surface area contributed by atoms with Gasteiger partial charge in [-0.2, -0.15) is 0 Å². The van der Waals surface area contributed by atoms with Crippen LogP contribution < -0.4 is 4.90 Å². The lowest BCUT2D eigenvalue weighted by molar-refractivity contribution is 0.340. The molecule has 0 spiro atoms. The van der Waals surface area contributed by atoms with Crippen molar-refractivity contribution in [1.82, 2.24) is 0 Å². The number of hydrogen-bond acceptors (Lipinski definition) is 1. The number of halogens is 1. The number of nitrogens with zero attached hydrogens (tertiary/aromatic N) is 1. The van der Waals surface area contributed by atoms with Gasteiger partial charge in [0.05, 0.1) is 3.55 Å². The average molecular weight is 371 g/mol. The Morgan fingerprint density at radius 3 is 2.47 bits per heavy atom. The molecule has 0 aliphatic carbocycles. The van der Waals surface area contributed by atoms with Crippen molar-refractivity contribution in [3.05, 3.63) is 29.3 Å². The highest BCUT2D eigenvalue weighted by atomic mass is 127. The molecule has 1 aliphatic heterocycles. The van der Waals surface area contributed by atoms with Crippen LogP contribution in [0.25, 0.3) is 0 Å². The van der Waals surface area contributed by atoms with Crippen LogP contribution >= 0.6 is 22.6 Å². The third kappa shape index (κ3) is 2.20. The minimum absolute atomic E-state index is 0.231. The van der Waals surface area contributed by atoms with Crippen LogP contribution in [0.15, 0.2) is 18.2 Å². The molecule has 2 heteroatoms. The van der Waals surface area contributed by atoms with Crippen molar-refractivity contribution in [2.75, 3.05) is 11.9 Å². The molecule has 1 aromatic carbocycles. The molecule has 0 N–H and O–H groups in total. The SMILES string of the molecule is CCC1(I)C(C)C(C)c2cccc(C(C)C)c2N1C. The predicted molar refractivity (Wildman–Crippen MR) is 93.6 cm³/mol. The molecular weight excluding hydrogens is 345 g/mol. The van der Waals surface area contributed by atoms with Crippen LogP contribution in [0.1, 0.15) is 64.0 Å². The first-order valence-corrected chi connectivity index (χ1v) is 8.48. The number of alkyl halides is 1. The Balaban J connectivity index is 2.67. The van der Waals surface area contributed by atoms with E-state index in [2.05, 4.69) is 87.4 Å². The van der Waals surface area contributed by atoms with Crippen LogP contribution in [0.3, 0.4) is 0 Å². The van der Waals surface area contributed by atoms with Gasteiger partial charge in [0.1, 0.15) is 0 Å². The fraction of sp³-hybridized carbons (Fsp3) is 0.647. The predicted octanol–water partition coefficient (Wildman–Crippen LogP) is 5.54. The van der Waals surface area contributed by atoms with Gasteiger partial charge in [0.15, 0.2) is 0 Å². The zero-order chi connectivity index (χ0) is 14.4. The van der Waals surface area contributed by atoms with Crippen molar-refractivity contribution in [2.45, 2.75) is 56.4 Å². The molecule has 1 heterocycles. The van der Waals surface area contributed by atoms with Gasteiger partial charge in [0.25, 0.3) is 0 Å². The average Bonchev–Trinajstić information content (AvgIpc) is 2.41. The molecule has 1 nitrogen and oxygen atoms in total. The Hall–Kier alpha value is -0.250. The third-order valence-corrected chi connectivity index (χ3v) is 7.52. The van der Waals surface area contributed by atoms with Crippen LogP contribution in [0.4, 0.5) is 5.69 Å². The number of anilines is 1.